The number of nitrogens with zero attached hydrogens (tertiary/aromatic N) is 6. The number of aliphatic hydroxyl groups excluding tert-OH is 1. The van der Waals surface area contributed by atoms with Gasteiger partial charge in [0.2, 0.25) is 5.95 Å². The summed E-state index contributed by atoms with van der Waals surface area (Å²) in [4.78, 5) is 149. The minimum Gasteiger partial charge on any atom is -0.780 e. The minimum absolute atomic E-state index is 0.00145. The quantitative estimate of drug-likeness (QED) is 0.0166. The van der Waals surface area contributed by atoms with Crippen molar-refractivity contribution in [3.05, 3.63) is 114 Å². The molecule has 5 aromatic heterocycles. The molecule has 9 heterocycles. The number of hydrogen-bond acceptors (Lipinski definition) is 37. The predicted octanol–water partition coefficient (Wildman–Crippen LogP) is -1.01. The molecule has 552 valence electrons. The second kappa shape index (κ2) is 32.9. The maximum Gasteiger partial charge on any atom is 0.389 e. The molecule has 7 N–H and O–H groups in total. The summed E-state index contributed by atoms with van der Waals surface area (Å²) in [5.41, 5.74) is -0.0750. The number of methoxy groups -OCH3 is 2. The van der Waals surface area contributed by atoms with Crippen molar-refractivity contribution in [3.8, 4) is 0 Å². The van der Waals surface area contributed by atoms with Crippen LogP contribution in [0, 0.1) is 20.8 Å². The van der Waals surface area contributed by atoms with Crippen LogP contribution in [0.5, 0.6) is 0 Å². The Kier molecular flexibility index (Phi) is 26.4. The van der Waals surface area contributed by atoms with Gasteiger partial charge in [-0.15, -0.1) is 0 Å². The van der Waals surface area contributed by atoms with Gasteiger partial charge in [0, 0.05) is 68.9 Å². The van der Waals surface area contributed by atoms with E-state index in [4.69, 9.17) is 127 Å². The molecule has 7 unspecified atom stereocenters. The topological polar surface area (TPSA) is 525 Å². The van der Waals surface area contributed by atoms with Crippen LogP contribution in [-0.2, 0) is 130 Å². The molecule has 0 saturated carbocycles. The Morgan fingerprint density at radius 2 is 1.09 bits per heavy atom. The molecule has 4 aliphatic heterocycles. The van der Waals surface area contributed by atoms with Crippen LogP contribution in [0.4, 0.5) is 5.95 Å². The first-order valence-corrected chi connectivity index (χ1v) is 43.1. The van der Waals surface area contributed by atoms with Crippen molar-refractivity contribution in [3.63, 3.8) is 0 Å². The molecule has 0 radical (unpaired) electrons. The molecule has 0 bridgehead atoms. The van der Waals surface area contributed by atoms with Gasteiger partial charge in [0.05, 0.1) is 57.7 Å². The molecule has 99 heavy (non-hydrogen) atoms. The SMILES string of the molecule is COC1[C@@H](OP(=O)(OCCCO)SC)[C@@H](COP([O-])(=S)O[C@@H]2C(OC)[C@H](n3cc(C)c(=O)[nH]c3=O)O[C@@H]2COP(=O)([S-])O[C@@H]2C[C@H](n3cc(C)c(=O)[nH]c3=O)O[C@@H]2COP([O-])(=S)O[C@@H]2C[C@H](n3cnc4c(=O)[nH]c(N)nc43)O[C@@H]2COP([O-])(=S)OC(C)C)O[C@H]1n1cc(C)c(=O)[nH]c1=O. The monoisotopic (exact) mass is 1590 g/mol. The van der Waals surface area contributed by atoms with Crippen LogP contribution in [0.2, 0.25) is 0 Å². The maximum absolute atomic E-state index is 14.7. The molecule has 5 aromatic rings. The number of aliphatic hydroxyl groups is 1. The van der Waals surface area contributed by atoms with Gasteiger partial charge in [-0.2, -0.15) is 4.98 Å². The van der Waals surface area contributed by atoms with Crippen molar-refractivity contribution >= 4 is 110 Å². The van der Waals surface area contributed by atoms with Gasteiger partial charge in [0.1, 0.15) is 81.4 Å². The number of nitrogen functional groups attached to an aromatic ring is 1. The average Bonchev–Trinajstić information content (AvgIpc) is 1.65. The van der Waals surface area contributed by atoms with Gasteiger partial charge in [-0.1, -0.05) is 35.4 Å². The normalized spacial score (nSPS) is 28.8. The van der Waals surface area contributed by atoms with Crippen LogP contribution in [-0.4, -0.2) is 181 Å². The minimum atomic E-state index is -5.01. The highest BCUT2D eigenvalue weighted by molar-refractivity contribution is 8.54. The summed E-state index contributed by atoms with van der Waals surface area (Å²) in [7, 11) is 2.33. The molecule has 0 aromatic carbocycles. The third-order valence-electron chi connectivity index (χ3n) is 15.3. The number of aryl methyl sites for hydroxylation is 3. The zero-order chi connectivity index (χ0) is 72.4. The molecular formula is C49H68N11O29P5S5-4. The van der Waals surface area contributed by atoms with Gasteiger partial charge in [0.25, 0.3) is 22.2 Å². The number of anilines is 1. The number of fused-ring (bicyclic) bond motifs is 1. The smallest absolute Gasteiger partial charge is 0.389 e. The first-order chi connectivity index (χ1) is 46.5. The summed E-state index contributed by atoms with van der Waals surface area (Å²) >= 11 is 22.0. The van der Waals surface area contributed by atoms with Crippen LogP contribution >= 0.6 is 45.1 Å². The third kappa shape index (κ3) is 19.5. The number of nitrogens with two attached hydrogens (primary N) is 1. The molecule has 0 spiro atoms. The maximum atomic E-state index is 14.7. The Morgan fingerprint density at radius 1 is 0.636 bits per heavy atom. The Balaban J connectivity index is 0.957. The Bertz CT molecular complexity index is 4440. The van der Waals surface area contributed by atoms with E-state index < -0.39 is 198 Å². The Morgan fingerprint density at radius 3 is 1.60 bits per heavy atom. The van der Waals surface area contributed by atoms with E-state index in [0.717, 1.165) is 33.2 Å². The number of imidazole rings is 1. The summed E-state index contributed by atoms with van der Waals surface area (Å²) in [5.74, 6) is -0.263. The first-order valence-electron chi connectivity index (χ1n) is 29.5. The molecule has 4 aliphatic rings. The van der Waals surface area contributed by atoms with Crippen LogP contribution < -0.4 is 59.7 Å². The van der Waals surface area contributed by atoms with Gasteiger partial charge in [-0.05, 0) is 58.7 Å². The number of nitrogens with one attached hydrogen (secondary N) is 4. The molecule has 0 amide bonds. The zero-order valence-corrected chi connectivity index (χ0v) is 61.8. The van der Waals surface area contributed by atoms with Crippen LogP contribution in [0.3, 0.4) is 0 Å². The summed E-state index contributed by atoms with van der Waals surface area (Å²) in [6.45, 7) is -19.7. The van der Waals surface area contributed by atoms with E-state index in [1.807, 2.05) is 0 Å². The summed E-state index contributed by atoms with van der Waals surface area (Å²) < 4.78 is 127. The van der Waals surface area contributed by atoms with Gasteiger partial charge < -0.3 is 107 Å². The third-order valence-corrected chi connectivity index (χ3v) is 25.0. The fourth-order valence-electron chi connectivity index (χ4n) is 10.7. The lowest BCUT2D eigenvalue weighted by Gasteiger charge is -2.36. The predicted molar refractivity (Wildman–Crippen MR) is 353 cm³/mol. The van der Waals surface area contributed by atoms with Crippen LogP contribution in [0.1, 0.15) is 74.7 Å². The van der Waals surface area contributed by atoms with E-state index in [1.165, 1.54) is 51.2 Å². The van der Waals surface area contributed by atoms with E-state index in [-0.39, 0.29) is 59.9 Å². The molecule has 9 rings (SSSR count). The van der Waals surface area contributed by atoms with Gasteiger partial charge in [-0.25, -0.2) is 23.9 Å². The number of H-pyrrole nitrogens is 4. The highest BCUT2D eigenvalue weighted by Crippen LogP contribution is 2.62. The molecule has 0 aliphatic carbocycles. The summed E-state index contributed by atoms with van der Waals surface area (Å²) in [6, 6.07) is 0. The summed E-state index contributed by atoms with van der Waals surface area (Å²) in [6.07, 6.45) is -15.9. The van der Waals surface area contributed by atoms with E-state index in [1.54, 1.807) is 13.8 Å². The van der Waals surface area contributed by atoms with Crippen LogP contribution in [0.25, 0.3) is 11.2 Å². The van der Waals surface area contributed by atoms with Crippen molar-refractivity contribution in [2.45, 2.75) is 146 Å². The lowest BCUT2D eigenvalue weighted by molar-refractivity contribution is -0.219. The lowest BCUT2D eigenvalue weighted by atomic mass is 10.1. The number of ether oxygens (including phenoxy) is 6. The molecule has 4 fully saturated rings. The first kappa shape index (κ1) is 79.6. The molecule has 19 atom stereocenters. The largest absolute Gasteiger partial charge is 0.780 e. The molecule has 40 nitrogen and oxygen atoms in total. The van der Waals surface area contributed by atoms with Crippen molar-refractivity contribution in [2.75, 3.05) is 65.9 Å². The van der Waals surface area contributed by atoms with Crippen molar-refractivity contribution < 1.29 is 103 Å². The highest BCUT2D eigenvalue weighted by atomic mass is 32.7. The number of rotatable bonds is 33. The standard InChI is InChI=1S/C49H72N11O29P5S5/c1-22(2)85-90(69,95)77-17-29-27(13-33(82-29)60-21-51-34-39(60)52-46(50)53-43(34)65)87-91(70,96)78-18-28-26(12-32(81-28)57-14-23(3)40(62)54-47(57)66)86-92(71,97)79-19-30-35(37(74-6)44(83-30)58-15-24(4)41(63)55-48(58)67)88-93(72,98)80-20-31-36(89-94(73,99-8)76-11-9-10-61)38(75-7)45(84-31)59-16-25(5)42(64)56-49(59)68/h14-16,21-22,26-33,35-38,44-45,61H,9-13,17-20H2,1-8H3,(H,69,95)(H,70,96)(H,71,97)(H,72,98)(H,54,62,66)(H,55,63,67)(H,56,64,68)(H3,50,52,53,65)/p-4/t26-,27-,28-,29-,30-,31-,32-,33-,35+,36+,37?,38?,44-,45-,90?,91?,92?,93?,94?/m1/s1. The second-order valence-electron chi connectivity index (χ2n) is 22.6. The Hall–Kier alpha value is -3.50. The molecule has 50 heteroatoms. The second-order valence-corrected chi connectivity index (χ2v) is 37.6. The molecule has 4 saturated heterocycles. The highest BCUT2D eigenvalue weighted by Gasteiger charge is 2.53. The van der Waals surface area contributed by atoms with Gasteiger partial charge in [0.15, 0.2) is 30.4 Å². The number of aromatic nitrogens is 10. The lowest BCUT2D eigenvalue weighted by Crippen LogP contribution is -2.41. The van der Waals surface area contributed by atoms with Gasteiger partial charge in [-0.3, -0.25) is 66.5 Å². The van der Waals surface area contributed by atoms with Crippen LogP contribution in [0.15, 0.2) is 58.5 Å². The fourth-order valence-corrected chi connectivity index (χ4v) is 18.9. The number of aromatic amines is 4. The number of hydrogen-bond donors (Lipinski definition) is 6. The van der Waals surface area contributed by atoms with Crippen molar-refractivity contribution in [1.82, 2.24) is 48.2 Å². The Labute approximate surface area is 583 Å². The van der Waals surface area contributed by atoms with Crippen molar-refractivity contribution in [1.29, 1.82) is 0 Å². The van der Waals surface area contributed by atoms with Gasteiger partial charge >= 0.3 is 23.9 Å². The average molecular weight is 1590 g/mol. The fraction of sp³-hybridized carbons (Fsp3) is 0.653. The van der Waals surface area contributed by atoms with E-state index >= 15 is 0 Å². The van der Waals surface area contributed by atoms with E-state index in [9.17, 15) is 62.5 Å². The summed E-state index contributed by atoms with van der Waals surface area (Å²) in [5, 5.41) is 9.40. The molecular weight excluding hydrogens is 1520 g/mol. The zero-order valence-electron chi connectivity index (χ0n) is 53.2. The van der Waals surface area contributed by atoms with E-state index in [0.29, 0.717) is 11.4 Å². The van der Waals surface area contributed by atoms with E-state index in [2.05, 4.69) is 29.9 Å². The van der Waals surface area contributed by atoms with Crippen molar-refractivity contribution in [2.24, 2.45) is 0 Å².